The Kier molecular flexibility index (Phi) is 3.78. The quantitative estimate of drug-likeness (QED) is 0.361. The molecule has 4 aromatic rings. The van der Waals surface area contributed by atoms with Crippen LogP contribution in [0.3, 0.4) is 0 Å². The van der Waals surface area contributed by atoms with Crippen molar-refractivity contribution in [2.24, 2.45) is 11.3 Å². The van der Waals surface area contributed by atoms with Gasteiger partial charge in [-0.2, -0.15) is 0 Å². The summed E-state index contributed by atoms with van der Waals surface area (Å²) in [5, 5.41) is 7.95. The molecule has 0 radical (unpaired) electrons. The van der Waals surface area contributed by atoms with Crippen molar-refractivity contribution in [2.45, 2.75) is 40.0 Å². The van der Waals surface area contributed by atoms with Crippen LogP contribution in [0.25, 0.3) is 26.6 Å². The normalized spacial score (nSPS) is 17.9. The molecule has 5 rings (SSSR count). The third kappa shape index (κ3) is 2.63. The van der Waals surface area contributed by atoms with Crippen molar-refractivity contribution >= 4 is 54.5 Å². The Bertz CT molecular complexity index is 1130. The first-order valence-corrected chi connectivity index (χ1v) is 11.3. The van der Waals surface area contributed by atoms with E-state index in [-0.39, 0.29) is 0 Å². The summed E-state index contributed by atoms with van der Waals surface area (Å²) in [5.41, 5.74) is 2.75. The Balaban J connectivity index is 1.67. The van der Waals surface area contributed by atoms with Crippen molar-refractivity contribution in [3.05, 3.63) is 32.7 Å². The lowest BCUT2D eigenvalue weighted by Gasteiger charge is -2.33. The molecule has 26 heavy (non-hydrogen) atoms. The van der Waals surface area contributed by atoms with E-state index in [4.69, 9.17) is 4.98 Å². The van der Waals surface area contributed by atoms with Crippen LogP contribution < -0.4 is 0 Å². The van der Waals surface area contributed by atoms with Gasteiger partial charge in [0.15, 0.2) is 11.5 Å². The van der Waals surface area contributed by atoms with Crippen molar-refractivity contribution in [1.29, 1.82) is 0 Å². The topological polar surface area (TPSA) is 43.1 Å². The van der Waals surface area contributed by atoms with E-state index in [2.05, 4.69) is 58.2 Å². The summed E-state index contributed by atoms with van der Waals surface area (Å²) in [4.78, 5) is 13.2. The summed E-state index contributed by atoms with van der Waals surface area (Å²) in [6.07, 6.45) is 5.32. The number of hydrogen-bond donors (Lipinski definition) is 0. The number of rotatable bonds is 1. The molecule has 4 heterocycles. The minimum absolute atomic E-state index is 0.352. The van der Waals surface area contributed by atoms with E-state index in [1.807, 2.05) is 15.9 Å². The van der Waals surface area contributed by atoms with Gasteiger partial charge in [0, 0.05) is 14.7 Å². The number of aryl methyl sites for hydroxylation is 1. The summed E-state index contributed by atoms with van der Waals surface area (Å²) in [6, 6.07) is 2.07. The molecule has 1 aliphatic carbocycles. The van der Waals surface area contributed by atoms with Crippen LogP contribution in [0.5, 0.6) is 0 Å². The number of nitrogens with zero attached hydrogens (tertiary/aromatic N) is 4. The highest BCUT2D eigenvalue weighted by atomic mass is 79.9. The van der Waals surface area contributed by atoms with Crippen molar-refractivity contribution in [3.8, 4) is 10.7 Å². The van der Waals surface area contributed by atoms with Gasteiger partial charge in [-0.05, 0) is 58.2 Å². The van der Waals surface area contributed by atoms with Crippen LogP contribution in [0.1, 0.15) is 37.6 Å². The van der Waals surface area contributed by atoms with Crippen LogP contribution in [-0.4, -0.2) is 19.6 Å². The number of hydrogen-bond acceptors (Lipinski definition) is 5. The van der Waals surface area contributed by atoms with Gasteiger partial charge in [0.2, 0.25) is 0 Å². The van der Waals surface area contributed by atoms with Crippen LogP contribution in [0, 0.1) is 11.3 Å². The summed E-state index contributed by atoms with van der Waals surface area (Å²) in [7, 11) is 0. The minimum atomic E-state index is 0.352. The molecular weight excluding hydrogens is 428 g/mol. The fourth-order valence-corrected chi connectivity index (χ4v) is 6.47. The van der Waals surface area contributed by atoms with Gasteiger partial charge >= 0.3 is 0 Å². The van der Waals surface area contributed by atoms with Gasteiger partial charge in [0.1, 0.15) is 11.2 Å². The molecule has 1 atom stereocenters. The second-order valence-electron chi connectivity index (χ2n) is 8.07. The zero-order chi connectivity index (χ0) is 18.1. The summed E-state index contributed by atoms with van der Waals surface area (Å²) in [5.74, 6) is 1.51. The average Bonchev–Trinajstić information content (AvgIpc) is 3.27. The fourth-order valence-electron chi connectivity index (χ4n) is 3.85. The smallest absolute Gasteiger partial charge is 0.192 e. The minimum Gasteiger partial charge on any atom is -0.225 e. The fraction of sp³-hybridized carbons (Fsp3) is 0.421. The molecule has 1 unspecified atom stereocenters. The molecule has 0 aromatic carbocycles. The number of aromatic nitrogens is 4. The Morgan fingerprint density at radius 3 is 2.88 bits per heavy atom. The monoisotopic (exact) mass is 446 g/mol. The maximum atomic E-state index is 4.88. The van der Waals surface area contributed by atoms with Crippen LogP contribution in [0.2, 0.25) is 0 Å². The van der Waals surface area contributed by atoms with Gasteiger partial charge in [0.05, 0.1) is 10.3 Å². The van der Waals surface area contributed by atoms with Gasteiger partial charge in [0.25, 0.3) is 0 Å². The van der Waals surface area contributed by atoms with E-state index >= 15 is 0 Å². The molecule has 0 saturated heterocycles. The van der Waals surface area contributed by atoms with Crippen molar-refractivity contribution in [2.75, 3.05) is 0 Å². The molecule has 0 saturated carbocycles. The zero-order valence-electron chi connectivity index (χ0n) is 14.9. The first-order valence-electron chi connectivity index (χ1n) is 8.80. The van der Waals surface area contributed by atoms with Gasteiger partial charge < -0.3 is 0 Å². The second kappa shape index (κ2) is 5.84. The number of thiophene rings is 2. The number of fused-ring (bicyclic) bond motifs is 5. The molecule has 1 aliphatic rings. The molecule has 0 amide bonds. The third-order valence-corrected chi connectivity index (χ3v) is 8.25. The Hall–Kier alpha value is -1.31. The highest BCUT2D eigenvalue weighted by Crippen LogP contribution is 2.43. The van der Waals surface area contributed by atoms with E-state index in [0.717, 1.165) is 44.4 Å². The third-order valence-electron chi connectivity index (χ3n) is 5.40. The second-order valence-corrected chi connectivity index (χ2v) is 11.0. The summed E-state index contributed by atoms with van der Waals surface area (Å²) >= 11 is 7.02. The van der Waals surface area contributed by atoms with E-state index in [9.17, 15) is 0 Å². The molecule has 134 valence electrons. The Morgan fingerprint density at radius 2 is 2.15 bits per heavy atom. The SMILES string of the molecule is CC(C)(C)C1CCc2c(sc3ncn4nc(-c5cc(Br)cs5)nc4c23)C1. The van der Waals surface area contributed by atoms with Crippen LogP contribution in [-0.2, 0) is 12.8 Å². The lowest BCUT2D eigenvalue weighted by molar-refractivity contribution is 0.218. The first kappa shape index (κ1) is 16.8. The molecule has 0 aliphatic heterocycles. The lowest BCUT2D eigenvalue weighted by atomic mass is 9.72. The maximum absolute atomic E-state index is 4.88. The van der Waals surface area contributed by atoms with Gasteiger partial charge in [-0.25, -0.2) is 14.5 Å². The Labute approximate surface area is 168 Å². The van der Waals surface area contributed by atoms with E-state index in [0.29, 0.717) is 5.41 Å². The lowest BCUT2D eigenvalue weighted by Crippen LogP contribution is -2.26. The zero-order valence-corrected chi connectivity index (χ0v) is 18.1. The highest BCUT2D eigenvalue weighted by Gasteiger charge is 2.31. The van der Waals surface area contributed by atoms with Crippen molar-refractivity contribution in [1.82, 2.24) is 19.6 Å². The van der Waals surface area contributed by atoms with Crippen LogP contribution in [0.15, 0.2) is 22.2 Å². The molecule has 7 heteroatoms. The first-order chi connectivity index (χ1) is 12.4. The van der Waals surface area contributed by atoms with Gasteiger partial charge in [-0.15, -0.1) is 27.8 Å². The van der Waals surface area contributed by atoms with E-state index < -0.39 is 0 Å². The molecule has 4 aromatic heterocycles. The molecule has 0 N–H and O–H groups in total. The average molecular weight is 447 g/mol. The maximum Gasteiger partial charge on any atom is 0.192 e. The highest BCUT2D eigenvalue weighted by molar-refractivity contribution is 9.10. The predicted molar refractivity (Wildman–Crippen MR) is 112 cm³/mol. The van der Waals surface area contributed by atoms with Gasteiger partial charge in [-0.1, -0.05) is 20.8 Å². The molecule has 0 fully saturated rings. The Morgan fingerprint density at radius 1 is 1.31 bits per heavy atom. The molecule has 0 bridgehead atoms. The summed E-state index contributed by atoms with van der Waals surface area (Å²) in [6.45, 7) is 7.07. The molecular formula is C19H19BrN4S2. The van der Waals surface area contributed by atoms with Crippen LogP contribution >= 0.6 is 38.6 Å². The van der Waals surface area contributed by atoms with Crippen molar-refractivity contribution in [3.63, 3.8) is 0 Å². The van der Waals surface area contributed by atoms with Crippen LogP contribution in [0.4, 0.5) is 0 Å². The standard InChI is InChI=1S/C19H19BrN4S2/c1-19(2,3)10-4-5-12-13(6-10)26-18-15(12)17-22-16(23-24(17)9-21-18)14-7-11(20)8-25-14/h7-10H,4-6H2,1-3H3. The number of halogens is 1. The van der Waals surface area contributed by atoms with Gasteiger partial charge in [-0.3, -0.25) is 0 Å². The predicted octanol–water partition coefficient (Wildman–Crippen LogP) is 5.98. The largest absolute Gasteiger partial charge is 0.225 e. The molecule has 0 spiro atoms. The summed E-state index contributed by atoms with van der Waals surface area (Å²) < 4.78 is 2.91. The van der Waals surface area contributed by atoms with Crippen molar-refractivity contribution < 1.29 is 0 Å². The molecule has 4 nitrogen and oxygen atoms in total. The van der Waals surface area contributed by atoms with E-state index in [1.54, 1.807) is 17.7 Å². The van der Waals surface area contributed by atoms with E-state index in [1.165, 1.54) is 22.2 Å².